The Bertz CT molecular complexity index is 836. The van der Waals surface area contributed by atoms with E-state index in [0.29, 0.717) is 24.5 Å². The molecule has 0 radical (unpaired) electrons. The van der Waals surface area contributed by atoms with E-state index in [1.807, 2.05) is 0 Å². The van der Waals surface area contributed by atoms with Crippen molar-refractivity contribution < 1.29 is 17.9 Å². The summed E-state index contributed by atoms with van der Waals surface area (Å²) in [6.07, 6.45) is 0. The number of benzene rings is 1. The number of sulfonamides is 1. The number of nitrogens with zero attached hydrogens (tertiary/aromatic N) is 3. The molecule has 0 bridgehead atoms. The molecular formula is C16H21N5O4S. The summed E-state index contributed by atoms with van der Waals surface area (Å²) in [7, 11) is 0.970. The molecular weight excluding hydrogens is 358 g/mol. The Labute approximate surface area is 152 Å². The molecule has 1 amide bonds. The van der Waals surface area contributed by atoms with Crippen molar-refractivity contribution in [2.75, 3.05) is 45.0 Å². The standard InChI is InChI=1S/C16H21N5O4S/c1-21(2)26(23,24)13-6-4-12(5-7-13)16(22)18-15-9-8-14(19-20-15)17-10-11-25-3/h4-9H,10-11H2,1-3H3,(H,17,19)(H,18,20,22). The van der Waals surface area contributed by atoms with Crippen LogP contribution in [0.3, 0.4) is 0 Å². The number of rotatable bonds is 8. The Kier molecular flexibility index (Phi) is 6.61. The molecule has 0 aliphatic heterocycles. The Morgan fingerprint density at radius 2 is 1.69 bits per heavy atom. The predicted octanol–water partition coefficient (Wildman–Crippen LogP) is 1.04. The lowest BCUT2D eigenvalue weighted by atomic mass is 10.2. The van der Waals surface area contributed by atoms with Crippen LogP contribution in [0.2, 0.25) is 0 Å². The minimum absolute atomic E-state index is 0.116. The third-order valence-electron chi connectivity index (χ3n) is 3.41. The van der Waals surface area contributed by atoms with E-state index < -0.39 is 15.9 Å². The molecule has 26 heavy (non-hydrogen) atoms. The van der Waals surface area contributed by atoms with Gasteiger partial charge in [-0.2, -0.15) is 0 Å². The first-order chi connectivity index (χ1) is 12.3. The molecule has 1 heterocycles. The molecule has 1 aromatic carbocycles. The van der Waals surface area contributed by atoms with Gasteiger partial charge in [0.1, 0.15) is 5.82 Å². The van der Waals surface area contributed by atoms with Crippen LogP contribution >= 0.6 is 0 Å². The summed E-state index contributed by atoms with van der Waals surface area (Å²) in [5.41, 5.74) is 0.312. The first-order valence-corrected chi connectivity index (χ1v) is 9.19. The van der Waals surface area contributed by atoms with Crippen molar-refractivity contribution in [1.29, 1.82) is 0 Å². The summed E-state index contributed by atoms with van der Waals surface area (Å²) in [6.45, 7) is 1.14. The van der Waals surface area contributed by atoms with Crippen LogP contribution in [0.25, 0.3) is 0 Å². The molecule has 0 aliphatic rings. The van der Waals surface area contributed by atoms with Gasteiger partial charge in [-0.1, -0.05) is 0 Å². The fourth-order valence-corrected chi connectivity index (χ4v) is 2.85. The molecule has 9 nitrogen and oxygen atoms in total. The molecule has 0 spiro atoms. The lowest BCUT2D eigenvalue weighted by molar-refractivity contribution is 0.102. The van der Waals surface area contributed by atoms with Crippen molar-refractivity contribution in [3.63, 3.8) is 0 Å². The fraction of sp³-hybridized carbons (Fsp3) is 0.312. The van der Waals surface area contributed by atoms with Crippen molar-refractivity contribution in [1.82, 2.24) is 14.5 Å². The summed E-state index contributed by atoms with van der Waals surface area (Å²) in [5, 5.41) is 13.5. The van der Waals surface area contributed by atoms with E-state index in [1.54, 1.807) is 19.2 Å². The SMILES string of the molecule is COCCNc1ccc(NC(=O)c2ccc(S(=O)(=O)N(C)C)cc2)nn1. The summed E-state index contributed by atoms with van der Waals surface area (Å²) >= 11 is 0. The lowest BCUT2D eigenvalue weighted by Crippen LogP contribution is -2.22. The zero-order valence-electron chi connectivity index (χ0n) is 14.8. The zero-order valence-corrected chi connectivity index (χ0v) is 15.6. The highest BCUT2D eigenvalue weighted by molar-refractivity contribution is 7.89. The molecule has 140 valence electrons. The molecule has 0 unspecified atom stereocenters. The number of amides is 1. The van der Waals surface area contributed by atoms with Gasteiger partial charge in [-0.25, -0.2) is 12.7 Å². The molecule has 2 rings (SSSR count). The predicted molar refractivity (Wildman–Crippen MR) is 97.7 cm³/mol. The van der Waals surface area contributed by atoms with Gasteiger partial charge in [0, 0.05) is 33.3 Å². The smallest absolute Gasteiger partial charge is 0.256 e. The number of nitrogens with one attached hydrogen (secondary N) is 2. The molecule has 0 fully saturated rings. The van der Waals surface area contributed by atoms with Crippen LogP contribution in [-0.2, 0) is 14.8 Å². The summed E-state index contributed by atoms with van der Waals surface area (Å²) in [6, 6.07) is 8.97. The van der Waals surface area contributed by atoms with Crippen LogP contribution in [0, 0.1) is 0 Å². The van der Waals surface area contributed by atoms with Gasteiger partial charge in [0.05, 0.1) is 11.5 Å². The van der Waals surface area contributed by atoms with Crippen molar-refractivity contribution in [2.45, 2.75) is 4.90 Å². The van der Waals surface area contributed by atoms with Crippen LogP contribution in [0.4, 0.5) is 11.6 Å². The van der Waals surface area contributed by atoms with Gasteiger partial charge in [0.15, 0.2) is 5.82 Å². The van der Waals surface area contributed by atoms with Gasteiger partial charge in [0.25, 0.3) is 5.91 Å². The Morgan fingerprint density at radius 3 is 2.23 bits per heavy atom. The first-order valence-electron chi connectivity index (χ1n) is 7.75. The number of methoxy groups -OCH3 is 1. The van der Waals surface area contributed by atoms with Gasteiger partial charge in [-0.05, 0) is 36.4 Å². The number of carbonyl (C=O) groups is 1. The van der Waals surface area contributed by atoms with Crippen molar-refractivity contribution in [2.24, 2.45) is 0 Å². The molecule has 10 heteroatoms. The van der Waals surface area contributed by atoms with Crippen LogP contribution in [0.5, 0.6) is 0 Å². The molecule has 0 saturated heterocycles. The normalized spacial score (nSPS) is 11.4. The molecule has 0 atom stereocenters. The average molecular weight is 379 g/mol. The van der Waals surface area contributed by atoms with Gasteiger partial charge in [0.2, 0.25) is 10.0 Å². The van der Waals surface area contributed by atoms with Crippen LogP contribution in [-0.4, -0.2) is 63.2 Å². The van der Waals surface area contributed by atoms with E-state index in [-0.39, 0.29) is 10.7 Å². The third-order valence-corrected chi connectivity index (χ3v) is 5.24. The topological polar surface area (TPSA) is 114 Å². The molecule has 2 N–H and O–H groups in total. The van der Waals surface area contributed by atoms with E-state index in [4.69, 9.17) is 4.74 Å². The highest BCUT2D eigenvalue weighted by Crippen LogP contribution is 2.15. The monoisotopic (exact) mass is 379 g/mol. The van der Waals surface area contributed by atoms with E-state index in [1.165, 1.54) is 38.4 Å². The van der Waals surface area contributed by atoms with E-state index in [0.717, 1.165) is 4.31 Å². The van der Waals surface area contributed by atoms with Crippen molar-refractivity contribution in [3.8, 4) is 0 Å². The summed E-state index contributed by atoms with van der Waals surface area (Å²) in [4.78, 5) is 12.3. The second-order valence-electron chi connectivity index (χ2n) is 5.49. The minimum atomic E-state index is -3.53. The highest BCUT2D eigenvalue weighted by Gasteiger charge is 2.17. The van der Waals surface area contributed by atoms with Gasteiger partial charge in [-0.3, -0.25) is 4.79 Å². The van der Waals surface area contributed by atoms with Crippen LogP contribution < -0.4 is 10.6 Å². The second kappa shape index (κ2) is 8.70. The summed E-state index contributed by atoms with van der Waals surface area (Å²) < 4.78 is 30.1. The van der Waals surface area contributed by atoms with Gasteiger partial charge < -0.3 is 15.4 Å². The second-order valence-corrected chi connectivity index (χ2v) is 7.64. The fourth-order valence-electron chi connectivity index (χ4n) is 1.95. The Morgan fingerprint density at radius 1 is 1.08 bits per heavy atom. The van der Waals surface area contributed by atoms with E-state index in [9.17, 15) is 13.2 Å². The molecule has 2 aromatic rings. The average Bonchev–Trinajstić information content (AvgIpc) is 2.63. The third kappa shape index (κ3) is 4.97. The number of carbonyl (C=O) groups excluding carboxylic acids is 1. The number of hydrogen-bond acceptors (Lipinski definition) is 7. The van der Waals surface area contributed by atoms with Crippen LogP contribution in [0.15, 0.2) is 41.3 Å². The number of hydrogen-bond donors (Lipinski definition) is 2. The molecule has 1 aromatic heterocycles. The Hall–Kier alpha value is -2.56. The van der Waals surface area contributed by atoms with Crippen molar-refractivity contribution in [3.05, 3.63) is 42.0 Å². The van der Waals surface area contributed by atoms with E-state index >= 15 is 0 Å². The zero-order chi connectivity index (χ0) is 19.2. The quantitative estimate of drug-likeness (QED) is 0.659. The van der Waals surface area contributed by atoms with Gasteiger partial charge >= 0.3 is 0 Å². The largest absolute Gasteiger partial charge is 0.383 e. The first kappa shape index (κ1) is 19.8. The highest BCUT2D eigenvalue weighted by atomic mass is 32.2. The van der Waals surface area contributed by atoms with Crippen LogP contribution in [0.1, 0.15) is 10.4 Å². The van der Waals surface area contributed by atoms with Gasteiger partial charge in [-0.15, -0.1) is 10.2 Å². The molecule has 0 aliphatic carbocycles. The number of ether oxygens (including phenoxy) is 1. The maximum Gasteiger partial charge on any atom is 0.256 e. The summed E-state index contributed by atoms with van der Waals surface area (Å²) in [5.74, 6) is 0.448. The lowest BCUT2D eigenvalue weighted by Gasteiger charge is -2.11. The van der Waals surface area contributed by atoms with E-state index in [2.05, 4.69) is 20.8 Å². The maximum absolute atomic E-state index is 12.2. The number of aromatic nitrogens is 2. The molecule has 0 saturated carbocycles. The Balaban J connectivity index is 2.01. The maximum atomic E-state index is 12.2. The van der Waals surface area contributed by atoms with Crippen molar-refractivity contribution >= 4 is 27.6 Å². The number of anilines is 2. The minimum Gasteiger partial charge on any atom is -0.383 e.